The SMILES string of the molecule is Cc1ccc(-c2ncc(CNC(C)C)[nH]2)cc1Br. The Morgan fingerprint density at radius 3 is 2.83 bits per heavy atom. The van der Waals surface area contributed by atoms with Gasteiger partial charge in [-0.15, -0.1) is 0 Å². The van der Waals surface area contributed by atoms with Gasteiger partial charge in [-0.3, -0.25) is 0 Å². The Morgan fingerprint density at radius 1 is 1.39 bits per heavy atom. The lowest BCUT2D eigenvalue weighted by Crippen LogP contribution is -2.21. The van der Waals surface area contributed by atoms with Gasteiger partial charge in [-0.05, 0) is 18.6 Å². The quantitative estimate of drug-likeness (QED) is 0.905. The topological polar surface area (TPSA) is 40.7 Å². The molecule has 4 heteroatoms. The predicted molar refractivity (Wildman–Crippen MR) is 78.4 cm³/mol. The summed E-state index contributed by atoms with van der Waals surface area (Å²) in [7, 11) is 0. The van der Waals surface area contributed by atoms with Crippen LogP contribution in [-0.2, 0) is 6.54 Å². The van der Waals surface area contributed by atoms with Gasteiger partial charge in [-0.1, -0.05) is 41.9 Å². The van der Waals surface area contributed by atoms with Crippen molar-refractivity contribution in [3.05, 3.63) is 40.1 Å². The highest BCUT2D eigenvalue weighted by atomic mass is 79.9. The normalized spacial score (nSPS) is 11.2. The van der Waals surface area contributed by atoms with Crippen LogP contribution in [0.25, 0.3) is 11.4 Å². The van der Waals surface area contributed by atoms with Crippen LogP contribution >= 0.6 is 15.9 Å². The average molecular weight is 308 g/mol. The average Bonchev–Trinajstić information content (AvgIpc) is 2.79. The molecule has 96 valence electrons. The van der Waals surface area contributed by atoms with Gasteiger partial charge < -0.3 is 10.3 Å². The predicted octanol–water partition coefficient (Wildman–Crippen LogP) is 3.65. The Hall–Kier alpha value is -1.13. The van der Waals surface area contributed by atoms with Gasteiger partial charge in [0.2, 0.25) is 0 Å². The first-order valence-corrected chi connectivity index (χ1v) is 6.89. The first-order valence-electron chi connectivity index (χ1n) is 6.10. The molecule has 1 aromatic heterocycles. The molecule has 0 saturated carbocycles. The lowest BCUT2D eigenvalue weighted by molar-refractivity contribution is 0.583. The van der Waals surface area contributed by atoms with E-state index in [1.807, 2.05) is 6.20 Å². The van der Waals surface area contributed by atoms with Crippen molar-refractivity contribution >= 4 is 15.9 Å². The van der Waals surface area contributed by atoms with Crippen molar-refractivity contribution in [2.75, 3.05) is 0 Å². The fourth-order valence-corrected chi connectivity index (χ4v) is 2.03. The third kappa shape index (κ3) is 3.21. The number of aromatic amines is 1. The van der Waals surface area contributed by atoms with Crippen molar-refractivity contribution in [2.24, 2.45) is 0 Å². The van der Waals surface area contributed by atoms with Crippen molar-refractivity contribution in [1.82, 2.24) is 15.3 Å². The molecule has 1 heterocycles. The molecule has 0 unspecified atom stereocenters. The molecule has 3 nitrogen and oxygen atoms in total. The molecule has 0 aliphatic heterocycles. The maximum absolute atomic E-state index is 4.42. The summed E-state index contributed by atoms with van der Waals surface area (Å²) in [6.07, 6.45) is 1.89. The van der Waals surface area contributed by atoms with Crippen molar-refractivity contribution in [3.63, 3.8) is 0 Å². The monoisotopic (exact) mass is 307 g/mol. The van der Waals surface area contributed by atoms with E-state index in [0.29, 0.717) is 6.04 Å². The number of nitrogens with zero attached hydrogens (tertiary/aromatic N) is 1. The zero-order valence-electron chi connectivity index (χ0n) is 10.9. The molecule has 0 saturated heterocycles. The molecule has 0 aliphatic carbocycles. The van der Waals surface area contributed by atoms with Gasteiger partial charge in [-0.25, -0.2) is 4.98 Å². The van der Waals surface area contributed by atoms with Crippen LogP contribution in [0, 0.1) is 6.92 Å². The van der Waals surface area contributed by atoms with Gasteiger partial charge in [0, 0.05) is 34.5 Å². The number of rotatable bonds is 4. The van der Waals surface area contributed by atoms with Crippen LogP contribution < -0.4 is 5.32 Å². The van der Waals surface area contributed by atoms with E-state index in [2.05, 4.69) is 70.2 Å². The fraction of sp³-hybridized carbons (Fsp3) is 0.357. The standard InChI is InChI=1S/C14H18BrN3/c1-9(2)16-7-12-8-17-14(18-12)11-5-4-10(3)13(15)6-11/h4-6,8-9,16H,7H2,1-3H3,(H,17,18). The van der Waals surface area contributed by atoms with Crippen LogP contribution in [0.15, 0.2) is 28.9 Å². The van der Waals surface area contributed by atoms with Crippen molar-refractivity contribution in [2.45, 2.75) is 33.4 Å². The molecule has 0 aliphatic rings. The van der Waals surface area contributed by atoms with Crippen molar-refractivity contribution < 1.29 is 0 Å². The number of aryl methyl sites for hydroxylation is 1. The first-order chi connectivity index (χ1) is 8.56. The maximum atomic E-state index is 4.42. The van der Waals surface area contributed by atoms with Gasteiger partial charge in [0.25, 0.3) is 0 Å². The van der Waals surface area contributed by atoms with E-state index in [9.17, 15) is 0 Å². The fourth-order valence-electron chi connectivity index (χ4n) is 1.65. The largest absolute Gasteiger partial charge is 0.341 e. The van der Waals surface area contributed by atoms with Gasteiger partial charge in [-0.2, -0.15) is 0 Å². The molecule has 0 spiro atoms. The Morgan fingerprint density at radius 2 is 2.17 bits per heavy atom. The Bertz CT molecular complexity index is 532. The van der Waals surface area contributed by atoms with Crippen LogP contribution in [0.3, 0.4) is 0 Å². The minimum absolute atomic E-state index is 0.477. The molecule has 0 atom stereocenters. The number of hydrogen-bond acceptors (Lipinski definition) is 2. The summed E-state index contributed by atoms with van der Waals surface area (Å²) in [5.74, 6) is 0.913. The number of aromatic nitrogens is 2. The zero-order valence-corrected chi connectivity index (χ0v) is 12.5. The van der Waals surface area contributed by atoms with E-state index in [0.717, 1.165) is 28.1 Å². The molecular weight excluding hydrogens is 290 g/mol. The van der Waals surface area contributed by atoms with Gasteiger partial charge >= 0.3 is 0 Å². The summed E-state index contributed by atoms with van der Waals surface area (Å²) < 4.78 is 1.11. The smallest absolute Gasteiger partial charge is 0.137 e. The molecule has 0 amide bonds. The summed E-state index contributed by atoms with van der Waals surface area (Å²) in [5.41, 5.74) is 3.44. The molecular formula is C14H18BrN3. The van der Waals surface area contributed by atoms with Gasteiger partial charge in [0.05, 0.1) is 0 Å². The Labute approximate surface area is 116 Å². The lowest BCUT2D eigenvalue weighted by atomic mass is 10.1. The number of benzene rings is 1. The second-order valence-electron chi connectivity index (χ2n) is 4.76. The van der Waals surface area contributed by atoms with E-state index in [-0.39, 0.29) is 0 Å². The second kappa shape index (κ2) is 5.67. The maximum Gasteiger partial charge on any atom is 0.137 e. The summed E-state index contributed by atoms with van der Waals surface area (Å²) >= 11 is 3.55. The molecule has 2 aromatic rings. The van der Waals surface area contributed by atoms with E-state index in [1.165, 1.54) is 5.56 Å². The molecule has 1 aromatic carbocycles. The van der Waals surface area contributed by atoms with Crippen LogP contribution in [0.5, 0.6) is 0 Å². The number of hydrogen-bond donors (Lipinski definition) is 2. The molecule has 2 N–H and O–H groups in total. The minimum atomic E-state index is 0.477. The Balaban J connectivity index is 2.16. The van der Waals surface area contributed by atoms with Crippen LogP contribution in [0.4, 0.5) is 0 Å². The van der Waals surface area contributed by atoms with E-state index < -0.39 is 0 Å². The van der Waals surface area contributed by atoms with Crippen LogP contribution in [0.1, 0.15) is 25.1 Å². The van der Waals surface area contributed by atoms with E-state index >= 15 is 0 Å². The number of halogens is 1. The molecule has 2 rings (SSSR count). The van der Waals surface area contributed by atoms with E-state index in [1.54, 1.807) is 0 Å². The van der Waals surface area contributed by atoms with E-state index in [4.69, 9.17) is 0 Å². The Kier molecular flexibility index (Phi) is 4.19. The second-order valence-corrected chi connectivity index (χ2v) is 5.61. The summed E-state index contributed by atoms with van der Waals surface area (Å²) in [6.45, 7) is 7.16. The summed E-state index contributed by atoms with van der Waals surface area (Å²) in [6, 6.07) is 6.74. The van der Waals surface area contributed by atoms with Gasteiger partial charge in [0.15, 0.2) is 0 Å². The zero-order chi connectivity index (χ0) is 13.1. The molecule has 0 fully saturated rings. The number of imidazole rings is 1. The number of nitrogens with one attached hydrogen (secondary N) is 2. The highest BCUT2D eigenvalue weighted by Gasteiger charge is 2.05. The molecule has 18 heavy (non-hydrogen) atoms. The lowest BCUT2D eigenvalue weighted by Gasteiger charge is -2.05. The van der Waals surface area contributed by atoms with Crippen LogP contribution in [-0.4, -0.2) is 16.0 Å². The molecule has 0 radical (unpaired) electrons. The summed E-state index contributed by atoms with van der Waals surface area (Å²) in [5, 5.41) is 3.37. The third-order valence-electron chi connectivity index (χ3n) is 2.77. The van der Waals surface area contributed by atoms with Crippen molar-refractivity contribution in [3.8, 4) is 11.4 Å². The number of H-pyrrole nitrogens is 1. The summed E-state index contributed by atoms with van der Waals surface area (Å²) in [4.78, 5) is 7.76. The first kappa shape index (κ1) is 13.3. The van der Waals surface area contributed by atoms with Crippen molar-refractivity contribution in [1.29, 1.82) is 0 Å². The third-order valence-corrected chi connectivity index (χ3v) is 3.63. The molecule has 0 bridgehead atoms. The van der Waals surface area contributed by atoms with Crippen LogP contribution in [0.2, 0.25) is 0 Å². The highest BCUT2D eigenvalue weighted by molar-refractivity contribution is 9.10. The minimum Gasteiger partial charge on any atom is -0.341 e. The van der Waals surface area contributed by atoms with Gasteiger partial charge in [0.1, 0.15) is 5.82 Å². The highest BCUT2D eigenvalue weighted by Crippen LogP contribution is 2.23.